The molecular weight excluding hydrogens is 224 g/mol. The van der Waals surface area contributed by atoms with E-state index in [2.05, 4.69) is 34.1 Å². The van der Waals surface area contributed by atoms with Gasteiger partial charge < -0.3 is 5.11 Å². The van der Waals surface area contributed by atoms with Crippen LogP contribution in [-0.4, -0.2) is 34.2 Å². The lowest BCUT2D eigenvalue weighted by atomic mass is 10.1. The Morgan fingerprint density at radius 2 is 2.28 bits per heavy atom. The summed E-state index contributed by atoms with van der Waals surface area (Å²) in [5.41, 5.74) is 2.34. The molecule has 0 unspecified atom stereocenters. The molecule has 2 aromatic rings. The van der Waals surface area contributed by atoms with E-state index < -0.39 is 0 Å². The smallest absolute Gasteiger partial charge is 0.0702 e. The van der Waals surface area contributed by atoms with Crippen molar-refractivity contribution < 1.29 is 5.11 Å². The quantitative estimate of drug-likeness (QED) is 0.896. The largest absolute Gasteiger partial charge is 0.395 e. The van der Waals surface area contributed by atoms with Crippen molar-refractivity contribution in [3.05, 3.63) is 42.1 Å². The zero-order chi connectivity index (χ0) is 12.4. The first kappa shape index (κ1) is 11.6. The summed E-state index contributed by atoms with van der Waals surface area (Å²) >= 11 is 0. The maximum atomic E-state index is 9.33. The molecule has 2 heterocycles. The molecule has 1 N–H and O–H groups in total. The van der Waals surface area contributed by atoms with Crippen molar-refractivity contribution in [1.82, 2.24) is 9.88 Å². The Bertz CT molecular complexity index is 541. The predicted molar refractivity (Wildman–Crippen MR) is 72.3 cm³/mol. The topological polar surface area (TPSA) is 36.4 Å². The van der Waals surface area contributed by atoms with E-state index in [1.54, 1.807) is 0 Å². The Labute approximate surface area is 107 Å². The Hall–Kier alpha value is -1.45. The van der Waals surface area contributed by atoms with E-state index in [1.807, 2.05) is 12.3 Å². The van der Waals surface area contributed by atoms with Gasteiger partial charge in [-0.05, 0) is 43.1 Å². The van der Waals surface area contributed by atoms with Crippen LogP contribution < -0.4 is 0 Å². The fourth-order valence-electron chi connectivity index (χ4n) is 2.77. The number of hydrogen-bond donors (Lipinski definition) is 1. The summed E-state index contributed by atoms with van der Waals surface area (Å²) in [5, 5.41) is 10.5. The number of pyridine rings is 1. The summed E-state index contributed by atoms with van der Waals surface area (Å²) in [6.07, 6.45) is 4.14. The monoisotopic (exact) mass is 242 g/mol. The van der Waals surface area contributed by atoms with Crippen LogP contribution >= 0.6 is 0 Å². The number of hydrogen-bond acceptors (Lipinski definition) is 3. The van der Waals surface area contributed by atoms with Crippen molar-refractivity contribution in [3.63, 3.8) is 0 Å². The van der Waals surface area contributed by atoms with Crippen LogP contribution in [0.1, 0.15) is 18.4 Å². The minimum absolute atomic E-state index is 0.273. The summed E-state index contributed by atoms with van der Waals surface area (Å²) in [6, 6.07) is 10.8. The SMILES string of the molecule is OC[C@H]1CCCN1Cc1ccc2ncccc2c1. The van der Waals surface area contributed by atoms with E-state index >= 15 is 0 Å². The molecule has 0 spiro atoms. The van der Waals surface area contributed by atoms with Gasteiger partial charge in [0, 0.05) is 24.2 Å². The minimum Gasteiger partial charge on any atom is -0.395 e. The van der Waals surface area contributed by atoms with E-state index in [1.165, 1.54) is 17.4 Å². The third kappa shape index (κ3) is 2.24. The standard InChI is InChI=1S/C15H18N2O/c18-11-14-4-2-8-17(14)10-12-5-6-15-13(9-12)3-1-7-16-15/h1,3,5-7,9,14,18H,2,4,8,10-11H2/t14-/m1/s1. The summed E-state index contributed by atoms with van der Waals surface area (Å²) in [7, 11) is 0. The number of fused-ring (bicyclic) bond motifs is 1. The Morgan fingerprint density at radius 1 is 1.33 bits per heavy atom. The van der Waals surface area contributed by atoms with E-state index in [0.29, 0.717) is 6.04 Å². The number of aliphatic hydroxyl groups is 1. The molecule has 1 aromatic carbocycles. The zero-order valence-corrected chi connectivity index (χ0v) is 10.4. The predicted octanol–water partition coefficient (Wildman–Crippen LogP) is 2.19. The van der Waals surface area contributed by atoms with Gasteiger partial charge in [0.1, 0.15) is 0 Å². The van der Waals surface area contributed by atoms with Gasteiger partial charge in [-0.15, -0.1) is 0 Å². The van der Waals surface area contributed by atoms with Gasteiger partial charge in [-0.3, -0.25) is 9.88 Å². The van der Waals surface area contributed by atoms with Crippen molar-refractivity contribution in [2.24, 2.45) is 0 Å². The molecule has 0 radical (unpaired) electrons. The molecule has 3 heteroatoms. The van der Waals surface area contributed by atoms with Gasteiger partial charge in [0.15, 0.2) is 0 Å². The third-order valence-electron chi connectivity index (χ3n) is 3.76. The fourth-order valence-corrected chi connectivity index (χ4v) is 2.77. The van der Waals surface area contributed by atoms with Crippen molar-refractivity contribution >= 4 is 10.9 Å². The molecule has 1 atom stereocenters. The molecule has 1 fully saturated rings. The molecule has 0 bridgehead atoms. The first-order valence-corrected chi connectivity index (χ1v) is 6.55. The lowest BCUT2D eigenvalue weighted by molar-refractivity contribution is 0.153. The first-order valence-electron chi connectivity index (χ1n) is 6.55. The summed E-state index contributed by atoms with van der Waals surface area (Å²) < 4.78 is 0. The maximum Gasteiger partial charge on any atom is 0.0702 e. The second kappa shape index (κ2) is 5.04. The number of aromatic nitrogens is 1. The number of benzene rings is 1. The molecule has 18 heavy (non-hydrogen) atoms. The van der Waals surface area contributed by atoms with Crippen LogP contribution in [-0.2, 0) is 6.54 Å². The average Bonchev–Trinajstić information content (AvgIpc) is 2.86. The van der Waals surface area contributed by atoms with Crippen LogP contribution in [0.15, 0.2) is 36.5 Å². The van der Waals surface area contributed by atoms with Gasteiger partial charge in [-0.2, -0.15) is 0 Å². The maximum absolute atomic E-state index is 9.33. The number of likely N-dealkylation sites (tertiary alicyclic amines) is 1. The van der Waals surface area contributed by atoms with Crippen molar-refractivity contribution in [2.45, 2.75) is 25.4 Å². The van der Waals surface area contributed by atoms with E-state index in [4.69, 9.17) is 0 Å². The van der Waals surface area contributed by atoms with Crippen LogP contribution in [0.5, 0.6) is 0 Å². The lowest BCUT2D eigenvalue weighted by Gasteiger charge is -2.22. The fraction of sp³-hybridized carbons (Fsp3) is 0.400. The van der Waals surface area contributed by atoms with Crippen molar-refractivity contribution in [2.75, 3.05) is 13.2 Å². The average molecular weight is 242 g/mol. The lowest BCUT2D eigenvalue weighted by Crippen LogP contribution is -2.31. The van der Waals surface area contributed by atoms with Gasteiger partial charge in [0.25, 0.3) is 0 Å². The molecule has 3 rings (SSSR count). The summed E-state index contributed by atoms with van der Waals surface area (Å²) in [4.78, 5) is 6.70. The summed E-state index contributed by atoms with van der Waals surface area (Å²) in [6.45, 7) is 2.29. The molecule has 1 aliphatic rings. The number of nitrogens with zero attached hydrogens (tertiary/aromatic N) is 2. The van der Waals surface area contributed by atoms with Crippen LogP contribution in [0.2, 0.25) is 0 Å². The van der Waals surface area contributed by atoms with Crippen LogP contribution in [0.4, 0.5) is 0 Å². The van der Waals surface area contributed by atoms with E-state index in [9.17, 15) is 5.11 Å². The molecule has 0 aliphatic carbocycles. The second-order valence-electron chi connectivity index (χ2n) is 4.98. The molecule has 0 amide bonds. The third-order valence-corrected chi connectivity index (χ3v) is 3.76. The Morgan fingerprint density at radius 3 is 3.17 bits per heavy atom. The number of rotatable bonds is 3. The normalized spacial score (nSPS) is 20.6. The molecule has 0 saturated carbocycles. The zero-order valence-electron chi connectivity index (χ0n) is 10.4. The second-order valence-corrected chi connectivity index (χ2v) is 4.98. The van der Waals surface area contributed by atoms with Crippen LogP contribution in [0.25, 0.3) is 10.9 Å². The Kier molecular flexibility index (Phi) is 3.26. The van der Waals surface area contributed by atoms with Crippen molar-refractivity contribution in [3.8, 4) is 0 Å². The highest BCUT2D eigenvalue weighted by molar-refractivity contribution is 5.78. The van der Waals surface area contributed by atoms with Crippen LogP contribution in [0.3, 0.4) is 0 Å². The van der Waals surface area contributed by atoms with Crippen molar-refractivity contribution in [1.29, 1.82) is 0 Å². The highest BCUT2D eigenvalue weighted by Crippen LogP contribution is 2.21. The summed E-state index contributed by atoms with van der Waals surface area (Å²) in [5.74, 6) is 0. The van der Waals surface area contributed by atoms with E-state index in [0.717, 1.165) is 25.0 Å². The molecule has 3 nitrogen and oxygen atoms in total. The van der Waals surface area contributed by atoms with Gasteiger partial charge in [0.2, 0.25) is 0 Å². The molecule has 1 aliphatic heterocycles. The number of aliphatic hydroxyl groups excluding tert-OH is 1. The van der Waals surface area contributed by atoms with Gasteiger partial charge in [-0.25, -0.2) is 0 Å². The highest BCUT2D eigenvalue weighted by atomic mass is 16.3. The molecular formula is C15H18N2O. The Balaban J connectivity index is 1.82. The molecule has 1 aromatic heterocycles. The van der Waals surface area contributed by atoms with Gasteiger partial charge in [-0.1, -0.05) is 12.1 Å². The first-order chi connectivity index (χ1) is 8.86. The highest BCUT2D eigenvalue weighted by Gasteiger charge is 2.23. The van der Waals surface area contributed by atoms with E-state index in [-0.39, 0.29) is 6.61 Å². The minimum atomic E-state index is 0.273. The molecule has 94 valence electrons. The van der Waals surface area contributed by atoms with Gasteiger partial charge in [0.05, 0.1) is 12.1 Å². The van der Waals surface area contributed by atoms with Gasteiger partial charge >= 0.3 is 0 Å². The molecule has 1 saturated heterocycles. The van der Waals surface area contributed by atoms with Crippen LogP contribution in [0, 0.1) is 0 Å².